The van der Waals surface area contributed by atoms with Crippen molar-refractivity contribution in [1.29, 1.82) is 0 Å². The van der Waals surface area contributed by atoms with Crippen molar-refractivity contribution in [2.75, 3.05) is 17.2 Å². The number of nitrogens with one attached hydrogen (secondary N) is 2. The van der Waals surface area contributed by atoms with Crippen molar-refractivity contribution in [2.24, 2.45) is 0 Å². The number of benzene rings is 2. The van der Waals surface area contributed by atoms with E-state index in [1.165, 1.54) is 5.56 Å². The third kappa shape index (κ3) is 4.23. The van der Waals surface area contributed by atoms with Crippen LogP contribution in [0, 0.1) is 20.8 Å². The molecule has 2 aromatic rings. The summed E-state index contributed by atoms with van der Waals surface area (Å²) in [5, 5.41) is 6.70. The molecule has 21 heavy (non-hydrogen) atoms. The molecule has 0 aliphatic carbocycles. The lowest BCUT2D eigenvalue weighted by Gasteiger charge is -2.12. The largest absolute Gasteiger partial charge is 0.376 e. The molecule has 0 saturated carbocycles. The zero-order chi connectivity index (χ0) is 15.4. The number of hydrogen-bond donors (Lipinski definition) is 2. The molecule has 1 amide bonds. The van der Waals surface area contributed by atoms with Crippen LogP contribution in [0.3, 0.4) is 0 Å². The first-order chi connectivity index (χ1) is 9.95. The molecule has 0 spiro atoms. The number of carbonyl (C=O) groups excluding carboxylic acids is 1. The molecule has 2 rings (SSSR count). The monoisotopic (exact) mass is 302 g/mol. The van der Waals surface area contributed by atoms with Crippen LogP contribution in [-0.4, -0.2) is 12.5 Å². The normalized spacial score (nSPS) is 10.3. The summed E-state index contributed by atoms with van der Waals surface area (Å²) >= 11 is 5.90. The topological polar surface area (TPSA) is 41.1 Å². The first-order valence-corrected chi connectivity index (χ1v) is 7.20. The van der Waals surface area contributed by atoms with Gasteiger partial charge in [0.2, 0.25) is 5.91 Å². The van der Waals surface area contributed by atoms with Crippen molar-refractivity contribution in [2.45, 2.75) is 20.8 Å². The van der Waals surface area contributed by atoms with E-state index in [9.17, 15) is 4.79 Å². The third-order valence-corrected chi connectivity index (χ3v) is 3.52. The van der Waals surface area contributed by atoms with Crippen molar-refractivity contribution in [1.82, 2.24) is 0 Å². The second-order valence-electron chi connectivity index (χ2n) is 5.18. The molecule has 0 heterocycles. The molecule has 0 aliphatic heterocycles. The van der Waals surface area contributed by atoms with Gasteiger partial charge >= 0.3 is 0 Å². The Labute approximate surface area is 130 Å². The molecule has 4 heteroatoms. The highest BCUT2D eigenvalue weighted by molar-refractivity contribution is 6.30. The van der Waals surface area contributed by atoms with Crippen LogP contribution in [0.5, 0.6) is 0 Å². The zero-order valence-corrected chi connectivity index (χ0v) is 13.2. The van der Waals surface area contributed by atoms with Gasteiger partial charge in [0, 0.05) is 16.4 Å². The summed E-state index contributed by atoms with van der Waals surface area (Å²) in [6.45, 7) is 6.22. The molecular formula is C17H19ClN2O. The van der Waals surface area contributed by atoms with Crippen molar-refractivity contribution in [3.05, 3.63) is 58.1 Å². The molecule has 0 aliphatic rings. The van der Waals surface area contributed by atoms with Gasteiger partial charge < -0.3 is 10.6 Å². The summed E-state index contributed by atoms with van der Waals surface area (Å²) in [4.78, 5) is 12.0. The summed E-state index contributed by atoms with van der Waals surface area (Å²) in [5.41, 5.74) is 5.04. The fourth-order valence-corrected chi connectivity index (χ4v) is 2.38. The first kappa shape index (κ1) is 15.4. The van der Waals surface area contributed by atoms with Gasteiger partial charge in [-0.25, -0.2) is 0 Å². The van der Waals surface area contributed by atoms with Crippen LogP contribution in [-0.2, 0) is 4.79 Å². The Morgan fingerprint density at radius 2 is 1.67 bits per heavy atom. The minimum absolute atomic E-state index is 0.0830. The average Bonchev–Trinajstić information content (AvgIpc) is 2.41. The molecule has 2 aromatic carbocycles. The molecule has 0 aromatic heterocycles. The zero-order valence-electron chi connectivity index (χ0n) is 12.5. The molecule has 110 valence electrons. The van der Waals surface area contributed by atoms with Crippen LogP contribution in [0.2, 0.25) is 5.02 Å². The fourth-order valence-electron chi connectivity index (χ4n) is 2.15. The predicted octanol–water partition coefficient (Wildman–Crippen LogP) is 4.32. The van der Waals surface area contributed by atoms with E-state index in [-0.39, 0.29) is 12.5 Å². The van der Waals surface area contributed by atoms with E-state index < -0.39 is 0 Å². The van der Waals surface area contributed by atoms with Gasteiger partial charge in [-0.3, -0.25) is 4.79 Å². The molecule has 0 atom stereocenters. The number of amides is 1. The lowest BCUT2D eigenvalue weighted by molar-refractivity contribution is -0.114. The second kappa shape index (κ2) is 6.64. The van der Waals surface area contributed by atoms with E-state index in [1.807, 2.05) is 45.0 Å². The van der Waals surface area contributed by atoms with Crippen LogP contribution >= 0.6 is 11.6 Å². The van der Waals surface area contributed by atoms with Crippen molar-refractivity contribution in [3.63, 3.8) is 0 Å². The highest BCUT2D eigenvalue weighted by atomic mass is 35.5. The van der Waals surface area contributed by atoms with Gasteiger partial charge in [0.25, 0.3) is 0 Å². The van der Waals surface area contributed by atoms with E-state index in [1.54, 1.807) is 6.07 Å². The highest BCUT2D eigenvalue weighted by Crippen LogP contribution is 2.20. The maximum Gasteiger partial charge on any atom is 0.243 e. The van der Waals surface area contributed by atoms with Gasteiger partial charge in [0.15, 0.2) is 0 Å². The summed E-state index contributed by atoms with van der Waals surface area (Å²) in [7, 11) is 0. The van der Waals surface area contributed by atoms with Gasteiger partial charge in [0.05, 0.1) is 6.54 Å². The number of hydrogen-bond acceptors (Lipinski definition) is 2. The minimum atomic E-state index is -0.0830. The van der Waals surface area contributed by atoms with Gasteiger partial charge in [-0.1, -0.05) is 29.3 Å². The fraction of sp³-hybridized carbons (Fsp3) is 0.235. The Balaban J connectivity index is 1.96. The Hall–Kier alpha value is -2.00. The maximum absolute atomic E-state index is 12.0. The van der Waals surface area contributed by atoms with Crippen molar-refractivity contribution >= 4 is 28.9 Å². The molecule has 0 radical (unpaired) electrons. The second-order valence-corrected chi connectivity index (χ2v) is 5.62. The van der Waals surface area contributed by atoms with Gasteiger partial charge in [-0.2, -0.15) is 0 Å². The first-order valence-electron chi connectivity index (χ1n) is 6.83. The number of carbonyl (C=O) groups is 1. The Bertz CT molecular complexity index is 668. The van der Waals surface area contributed by atoms with E-state index in [0.717, 1.165) is 22.5 Å². The quantitative estimate of drug-likeness (QED) is 0.883. The highest BCUT2D eigenvalue weighted by Gasteiger charge is 2.06. The Morgan fingerprint density at radius 3 is 2.33 bits per heavy atom. The van der Waals surface area contributed by atoms with E-state index >= 15 is 0 Å². The van der Waals surface area contributed by atoms with Crippen LogP contribution < -0.4 is 10.6 Å². The van der Waals surface area contributed by atoms with Gasteiger partial charge in [-0.15, -0.1) is 0 Å². The molecular weight excluding hydrogens is 284 g/mol. The summed E-state index contributed by atoms with van der Waals surface area (Å²) in [6.07, 6.45) is 0. The smallest absolute Gasteiger partial charge is 0.243 e. The number of aryl methyl sites for hydroxylation is 3. The Kier molecular flexibility index (Phi) is 4.86. The van der Waals surface area contributed by atoms with Gasteiger partial charge in [-0.05, 0) is 56.2 Å². The molecule has 0 bridgehead atoms. The summed E-state index contributed by atoms with van der Waals surface area (Å²) in [6, 6.07) is 11.5. The molecule has 0 unspecified atom stereocenters. The van der Waals surface area contributed by atoms with Crippen LogP contribution in [0.4, 0.5) is 11.4 Å². The predicted molar refractivity (Wildman–Crippen MR) is 89.2 cm³/mol. The van der Waals surface area contributed by atoms with Crippen LogP contribution in [0.1, 0.15) is 16.7 Å². The van der Waals surface area contributed by atoms with Crippen molar-refractivity contribution < 1.29 is 4.79 Å². The summed E-state index contributed by atoms with van der Waals surface area (Å²) in [5.74, 6) is -0.0830. The maximum atomic E-state index is 12.0. The standard InChI is InChI=1S/C17H19ClN2O/c1-11-4-6-15(12(2)8-11)19-10-17(21)20-16-7-5-14(18)9-13(16)3/h4-9,19H,10H2,1-3H3,(H,20,21). The lowest BCUT2D eigenvalue weighted by atomic mass is 10.1. The SMILES string of the molecule is Cc1ccc(NCC(=O)Nc2ccc(Cl)cc2C)c(C)c1. The van der Waals surface area contributed by atoms with E-state index in [0.29, 0.717) is 5.02 Å². The number of halogens is 1. The van der Waals surface area contributed by atoms with Crippen LogP contribution in [0.15, 0.2) is 36.4 Å². The van der Waals surface area contributed by atoms with E-state index in [4.69, 9.17) is 11.6 Å². The molecule has 0 fully saturated rings. The van der Waals surface area contributed by atoms with E-state index in [2.05, 4.69) is 16.7 Å². The molecule has 3 nitrogen and oxygen atoms in total. The van der Waals surface area contributed by atoms with Gasteiger partial charge in [0.1, 0.15) is 0 Å². The van der Waals surface area contributed by atoms with Crippen LogP contribution in [0.25, 0.3) is 0 Å². The molecule has 0 saturated heterocycles. The number of anilines is 2. The Morgan fingerprint density at radius 1 is 1.00 bits per heavy atom. The summed E-state index contributed by atoms with van der Waals surface area (Å²) < 4.78 is 0. The lowest BCUT2D eigenvalue weighted by Crippen LogP contribution is -2.22. The number of rotatable bonds is 4. The molecule has 2 N–H and O–H groups in total. The minimum Gasteiger partial charge on any atom is -0.376 e. The average molecular weight is 303 g/mol. The third-order valence-electron chi connectivity index (χ3n) is 3.28. The van der Waals surface area contributed by atoms with Crippen molar-refractivity contribution in [3.8, 4) is 0 Å².